The summed E-state index contributed by atoms with van der Waals surface area (Å²) in [5.41, 5.74) is 8.88. The van der Waals surface area contributed by atoms with Gasteiger partial charge in [0.15, 0.2) is 0 Å². The molecule has 166 valence electrons. The molecule has 35 heavy (non-hydrogen) atoms. The van der Waals surface area contributed by atoms with E-state index in [4.69, 9.17) is 0 Å². The van der Waals surface area contributed by atoms with Crippen molar-refractivity contribution in [2.45, 2.75) is 16.7 Å². The van der Waals surface area contributed by atoms with E-state index in [1.807, 2.05) is 35.8 Å². The zero-order valence-corrected chi connectivity index (χ0v) is 19.6. The normalized spacial score (nSPS) is 14.3. The SMILES string of the molecule is Cc1nc2cccc3c2n1-c1ccc(-c2ccc4c5c(cccc25)-c2ccccc2-4)cc1S3(=O)=O. The van der Waals surface area contributed by atoms with Crippen LogP contribution in [0, 0.1) is 6.92 Å². The molecule has 1 aliphatic heterocycles. The van der Waals surface area contributed by atoms with Crippen molar-refractivity contribution in [3.63, 3.8) is 0 Å². The Hall–Kier alpha value is -4.22. The Kier molecular flexibility index (Phi) is 3.42. The van der Waals surface area contributed by atoms with Crippen molar-refractivity contribution in [1.82, 2.24) is 9.55 Å². The number of aryl methyl sites for hydroxylation is 1. The van der Waals surface area contributed by atoms with Crippen LogP contribution in [0.2, 0.25) is 0 Å². The van der Waals surface area contributed by atoms with Gasteiger partial charge in [-0.25, -0.2) is 13.4 Å². The van der Waals surface area contributed by atoms with E-state index in [1.165, 1.54) is 27.6 Å². The van der Waals surface area contributed by atoms with E-state index in [0.717, 1.165) is 22.3 Å². The molecule has 1 aromatic heterocycles. The number of sulfone groups is 1. The highest BCUT2D eigenvalue weighted by molar-refractivity contribution is 7.92. The van der Waals surface area contributed by atoms with Crippen molar-refractivity contribution in [2.24, 2.45) is 0 Å². The van der Waals surface area contributed by atoms with Gasteiger partial charge in [0.1, 0.15) is 5.82 Å². The number of imidazole rings is 1. The molecule has 0 saturated carbocycles. The zero-order chi connectivity index (χ0) is 23.5. The van der Waals surface area contributed by atoms with Crippen LogP contribution in [-0.4, -0.2) is 18.0 Å². The summed E-state index contributed by atoms with van der Waals surface area (Å²) in [5, 5.41) is 2.36. The van der Waals surface area contributed by atoms with Crippen LogP contribution in [0.15, 0.2) is 101 Å². The van der Waals surface area contributed by atoms with Gasteiger partial charge in [-0.1, -0.05) is 66.7 Å². The van der Waals surface area contributed by atoms with Crippen molar-refractivity contribution >= 4 is 31.6 Å². The van der Waals surface area contributed by atoms with E-state index in [2.05, 4.69) is 59.6 Å². The van der Waals surface area contributed by atoms with Gasteiger partial charge in [0.05, 0.1) is 26.5 Å². The molecule has 2 aliphatic rings. The van der Waals surface area contributed by atoms with E-state index in [0.29, 0.717) is 26.5 Å². The molecule has 0 unspecified atom stereocenters. The average molecular weight is 471 g/mol. The molecule has 4 nitrogen and oxygen atoms in total. The Bertz CT molecular complexity index is 2000. The standard InChI is InChI=1S/C30H18N2O2S/c1-17-31-25-10-5-11-27-30(25)32(17)26-15-12-18(16-28(26)35(27,33)34)19-13-14-24-21-7-3-2-6-20(21)23-9-4-8-22(19)29(23)24/h2-16H,1H3. The maximum absolute atomic E-state index is 13.8. The summed E-state index contributed by atoms with van der Waals surface area (Å²) < 4.78 is 29.5. The van der Waals surface area contributed by atoms with Gasteiger partial charge in [0, 0.05) is 0 Å². The second-order valence-electron chi connectivity index (χ2n) is 9.24. The Morgan fingerprint density at radius 2 is 1.40 bits per heavy atom. The smallest absolute Gasteiger partial charge is 0.210 e. The van der Waals surface area contributed by atoms with Gasteiger partial charge in [-0.15, -0.1) is 0 Å². The molecular formula is C30H18N2O2S. The molecule has 0 amide bonds. The average Bonchev–Trinajstić information content (AvgIpc) is 3.39. The highest BCUT2D eigenvalue weighted by atomic mass is 32.2. The quantitative estimate of drug-likeness (QED) is 0.261. The Morgan fingerprint density at radius 3 is 2.23 bits per heavy atom. The van der Waals surface area contributed by atoms with Crippen molar-refractivity contribution in [3.05, 3.63) is 96.8 Å². The number of para-hydroxylation sites is 1. The largest absolute Gasteiger partial charge is 0.294 e. The van der Waals surface area contributed by atoms with Crippen LogP contribution in [-0.2, 0) is 9.84 Å². The summed E-state index contributed by atoms with van der Waals surface area (Å²) in [7, 11) is -3.69. The van der Waals surface area contributed by atoms with Gasteiger partial charge in [0.2, 0.25) is 9.84 Å². The highest BCUT2D eigenvalue weighted by Gasteiger charge is 2.33. The van der Waals surface area contributed by atoms with E-state index in [-0.39, 0.29) is 0 Å². The Morgan fingerprint density at radius 1 is 0.686 bits per heavy atom. The molecule has 0 N–H and O–H groups in total. The number of fused-ring (bicyclic) bond motifs is 5. The first kappa shape index (κ1) is 19.1. The summed E-state index contributed by atoms with van der Waals surface area (Å²) in [6.45, 7) is 1.92. The lowest BCUT2D eigenvalue weighted by atomic mass is 9.94. The predicted octanol–water partition coefficient (Wildman–Crippen LogP) is 6.95. The van der Waals surface area contributed by atoms with Gasteiger partial charge >= 0.3 is 0 Å². The maximum atomic E-state index is 13.8. The molecule has 6 aromatic rings. The predicted molar refractivity (Wildman–Crippen MR) is 139 cm³/mol. The van der Waals surface area contributed by atoms with E-state index < -0.39 is 9.84 Å². The summed E-state index contributed by atoms with van der Waals surface area (Å²) in [6.07, 6.45) is 0. The molecule has 5 heteroatoms. The molecular weight excluding hydrogens is 452 g/mol. The molecule has 2 heterocycles. The van der Waals surface area contributed by atoms with Gasteiger partial charge in [-0.2, -0.15) is 0 Å². The van der Waals surface area contributed by atoms with Crippen molar-refractivity contribution in [1.29, 1.82) is 0 Å². The lowest BCUT2D eigenvalue weighted by Crippen LogP contribution is -2.15. The first-order valence-corrected chi connectivity index (χ1v) is 13.1. The van der Waals surface area contributed by atoms with Crippen LogP contribution in [0.4, 0.5) is 0 Å². The minimum Gasteiger partial charge on any atom is -0.294 e. The van der Waals surface area contributed by atoms with Gasteiger partial charge in [-0.05, 0) is 75.3 Å². The third-order valence-corrected chi connectivity index (χ3v) is 9.26. The number of aromatic nitrogens is 2. The van der Waals surface area contributed by atoms with Crippen molar-refractivity contribution < 1.29 is 8.42 Å². The molecule has 0 bridgehead atoms. The minimum atomic E-state index is -3.69. The summed E-state index contributed by atoms with van der Waals surface area (Å²) in [5.74, 6) is 0.777. The van der Waals surface area contributed by atoms with Crippen molar-refractivity contribution in [3.8, 4) is 39.1 Å². The Labute approximate surface area is 202 Å². The minimum absolute atomic E-state index is 0.316. The number of hydrogen-bond acceptors (Lipinski definition) is 3. The maximum Gasteiger partial charge on any atom is 0.210 e. The molecule has 0 spiro atoms. The molecule has 0 radical (unpaired) electrons. The van der Waals surface area contributed by atoms with Crippen molar-refractivity contribution in [2.75, 3.05) is 0 Å². The second-order valence-corrected chi connectivity index (χ2v) is 11.1. The first-order valence-electron chi connectivity index (χ1n) is 11.6. The zero-order valence-electron chi connectivity index (χ0n) is 18.8. The van der Waals surface area contributed by atoms with Gasteiger partial charge < -0.3 is 0 Å². The summed E-state index contributed by atoms with van der Waals surface area (Å²) in [4.78, 5) is 5.25. The van der Waals surface area contributed by atoms with E-state index >= 15 is 0 Å². The van der Waals surface area contributed by atoms with Crippen LogP contribution >= 0.6 is 0 Å². The highest BCUT2D eigenvalue weighted by Crippen LogP contribution is 2.49. The molecule has 0 atom stereocenters. The van der Waals surface area contributed by atoms with Crippen LogP contribution in [0.25, 0.3) is 60.9 Å². The second kappa shape index (κ2) is 6.26. The van der Waals surface area contributed by atoms with Gasteiger partial charge in [0.25, 0.3) is 0 Å². The number of rotatable bonds is 1. The molecule has 1 aliphatic carbocycles. The number of benzene rings is 5. The lowest BCUT2D eigenvalue weighted by molar-refractivity contribution is 0.594. The fraction of sp³-hybridized carbons (Fsp3) is 0.0333. The molecule has 0 saturated heterocycles. The first-order chi connectivity index (χ1) is 17.0. The lowest BCUT2D eigenvalue weighted by Gasteiger charge is -2.21. The third-order valence-electron chi connectivity index (χ3n) is 7.45. The molecule has 5 aromatic carbocycles. The summed E-state index contributed by atoms with van der Waals surface area (Å²) in [6, 6.07) is 30.3. The monoisotopic (exact) mass is 470 g/mol. The number of hydrogen-bond donors (Lipinski definition) is 0. The van der Waals surface area contributed by atoms with Gasteiger partial charge in [-0.3, -0.25) is 4.57 Å². The van der Waals surface area contributed by atoms with E-state index in [1.54, 1.807) is 12.1 Å². The fourth-order valence-corrected chi connectivity index (χ4v) is 7.65. The number of nitrogens with zero attached hydrogens (tertiary/aromatic N) is 2. The molecule has 8 rings (SSSR count). The Balaban J connectivity index is 1.42. The van der Waals surface area contributed by atoms with Crippen LogP contribution < -0.4 is 0 Å². The van der Waals surface area contributed by atoms with Crippen LogP contribution in [0.3, 0.4) is 0 Å². The topological polar surface area (TPSA) is 52.0 Å². The van der Waals surface area contributed by atoms with E-state index in [9.17, 15) is 8.42 Å². The van der Waals surface area contributed by atoms with Crippen LogP contribution in [0.5, 0.6) is 0 Å². The third kappa shape index (κ3) is 2.26. The summed E-state index contributed by atoms with van der Waals surface area (Å²) >= 11 is 0. The van der Waals surface area contributed by atoms with Crippen LogP contribution in [0.1, 0.15) is 5.82 Å². The molecule has 0 fully saturated rings. The fourth-order valence-electron chi connectivity index (χ4n) is 5.98.